The number of hydrogen-bond donors (Lipinski definition) is 8. The summed E-state index contributed by atoms with van der Waals surface area (Å²) in [6.07, 6.45) is 9.52. The summed E-state index contributed by atoms with van der Waals surface area (Å²) in [7, 11) is 5.57. The molecule has 2 saturated heterocycles. The first-order chi connectivity index (χ1) is 45.1. The number of hydrogen-bond acceptors (Lipinski definition) is 16. The van der Waals surface area contributed by atoms with E-state index in [1.165, 1.54) is 55.0 Å². The number of carbonyl (C=O) groups excluding carboxylic acids is 12. The molecule has 7 atom stereocenters. The number of aromatic hydroxyl groups is 2. The first-order valence-corrected chi connectivity index (χ1v) is 32.8. The van der Waals surface area contributed by atoms with Gasteiger partial charge in [0.05, 0.1) is 37.2 Å². The van der Waals surface area contributed by atoms with Crippen molar-refractivity contribution in [1.29, 1.82) is 0 Å². The monoisotopic (exact) mass is 1300 g/mol. The van der Waals surface area contributed by atoms with E-state index in [9.17, 15) is 58.2 Å². The van der Waals surface area contributed by atoms with Gasteiger partial charge in [-0.1, -0.05) is 87.8 Å². The van der Waals surface area contributed by atoms with Crippen LogP contribution in [0, 0.1) is 23.7 Å². The third kappa shape index (κ3) is 16.5. The van der Waals surface area contributed by atoms with Crippen molar-refractivity contribution in [2.75, 3.05) is 74.0 Å². The summed E-state index contributed by atoms with van der Waals surface area (Å²) in [4.78, 5) is 188. The zero-order valence-corrected chi connectivity index (χ0v) is 53.9. The summed E-state index contributed by atoms with van der Waals surface area (Å²) in [5.41, 5.74) is -0.0880. The van der Waals surface area contributed by atoms with E-state index in [4.69, 9.17) is 0 Å². The Morgan fingerprint density at radius 2 is 0.904 bits per heavy atom. The van der Waals surface area contributed by atoms with Crippen LogP contribution in [-0.2, 0) is 47.9 Å². The molecule has 4 heterocycles. The van der Waals surface area contributed by atoms with E-state index in [0.29, 0.717) is 73.2 Å². The molecule has 27 heteroatoms. The van der Waals surface area contributed by atoms with Crippen molar-refractivity contribution in [2.45, 2.75) is 139 Å². The molecule has 3 saturated carbocycles. The van der Waals surface area contributed by atoms with Gasteiger partial charge >= 0.3 is 0 Å². The highest BCUT2D eigenvalue weighted by atomic mass is 16.3. The molecular weight excluding hydrogens is 1210 g/mol. The van der Waals surface area contributed by atoms with Crippen LogP contribution < -0.4 is 31.9 Å². The molecule has 2 aliphatic heterocycles. The van der Waals surface area contributed by atoms with E-state index in [0.717, 1.165) is 48.3 Å². The molecule has 9 rings (SSSR count). The number of nitrogens with zero attached hydrogens (tertiary/aromatic N) is 7. The van der Waals surface area contributed by atoms with Crippen LogP contribution in [-0.4, -0.2) is 220 Å². The number of Topliss-reactive ketones (excluding diaryl/α,β-unsaturated/α-hetero) is 1. The summed E-state index contributed by atoms with van der Waals surface area (Å²) in [6.45, 7) is -3.33. The number of pyridine rings is 2. The lowest BCUT2D eigenvalue weighted by molar-refractivity contribution is -0.146. The van der Waals surface area contributed by atoms with Gasteiger partial charge in [0.15, 0.2) is 17.2 Å². The van der Waals surface area contributed by atoms with Crippen molar-refractivity contribution < 1.29 is 67.7 Å². The quantitative estimate of drug-likeness (QED) is 0.137. The highest BCUT2D eigenvalue weighted by Gasteiger charge is 2.44. The molecular formula is C67H87N13O14. The van der Waals surface area contributed by atoms with E-state index in [1.807, 2.05) is 0 Å². The standard InChI is InChI=1S/C67H87N13O14/c1-76-37-54(85)79(4)59(40-21-9-6-10-22-40)66(93)69-34-48(75-64(91)57-51(82)32-42-24-12-16-28-46(42)73-57)67(94)80-30-18-17-29-49(80)62(89)71-36-53(84)77(2)38-55(86)78(3)58(39-19-7-5-8-20-39)65(92)68-33-47(60(87)43-25-13-14-26-44(43)61(88)70-35-52(76)83)74-63(90)56-50(81)31-41-23-11-15-27-45(41)72-56/h11-12,15-16,23-24,27-28,31-32,39-40,43-44,47-49,58-59,81-82H,5-10,13-14,17-22,25-26,29-30,33-38H2,1-4H3,(H,68,92)(H,69,93)(H,70,88)(H,71,89)(H,74,90)(H,75,91)/t43?,44-,47-,48-,49+,58+,59+/m1/s1. The fourth-order valence-electron chi connectivity index (χ4n) is 14.0. The smallest absolute Gasteiger partial charge is 0.274 e. The van der Waals surface area contributed by atoms with Gasteiger partial charge in [0.25, 0.3) is 11.8 Å². The van der Waals surface area contributed by atoms with Crippen LogP contribution in [0.3, 0.4) is 0 Å². The predicted octanol–water partition coefficient (Wildman–Crippen LogP) is 2.06. The van der Waals surface area contributed by atoms with Gasteiger partial charge in [-0.05, 0) is 93.9 Å². The summed E-state index contributed by atoms with van der Waals surface area (Å²) >= 11 is 0. The van der Waals surface area contributed by atoms with Crippen molar-refractivity contribution in [3.05, 3.63) is 72.1 Å². The van der Waals surface area contributed by atoms with Crippen LogP contribution in [0.2, 0.25) is 0 Å². The number of nitrogens with one attached hydrogen (secondary N) is 6. The Morgan fingerprint density at radius 3 is 1.40 bits per heavy atom. The van der Waals surface area contributed by atoms with Crippen LogP contribution in [0.15, 0.2) is 60.7 Å². The fraction of sp³-hybridized carbons (Fsp3) is 0.552. The third-order valence-corrected chi connectivity index (χ3v) is 19.4. The van der Waals surface area contributed by atoms with Gasteiger partial charge in [-0.25, -0.2) is 9.97 Å². The Morgan fingerprint density at radius 1 is 0.479 bits per heavy atom. The molecule has 27 nitrogen and oxygen atoms in total. The number of likely N-dealkylation sites (N-methyl/N-ethyl adjacent to an activating group) is 4. The molecule has 504 valence electrons. The summed E-state index contributed by atoms with van der Waals surface area (Å²) in [5, 5.41) is 39.5. The average molecular weight is 1300 g/mol. The van der Waals surface area contributed by atoms with Gasteiger partial charge < -0.3 is 66.6 Å². The second-order valence-electron chi connectivity index (χ2n) is 25.7. The zero-order chi connectivity index (χ0) is 67.3. The number of ketones is 1. The maximum absolute atomic E-state index is 15.1. The van der Waals surface area contributed by atoms with E-state index in [-0.39, 0.29) is 37.6 Å². The van der Waals surface area contributed by atoms with Crippen LogP contribution >= 0.6 is 0 Å². The lowest BCUT2D eigenvalue weighted by Crippen LogP contribution is -2.61. The highest BCUT2D eigenvalue weighted by Crippen LogP contribution is 2.34. The number of para-hydroxylation sites is 2. The van der Waals surface area contributed by atoms with E-state index >= 15 is 9.59 Å². The Labute approximate surface area is 545 Å². The van der Waals surface area contributed by atoms with Crippen molar-refractivity contribution in [3.8, 4) is 11.5 Å². The molecule has 4 aromatic rings. The number of carbonyl (C=O) groups is 12. The Hall–Kier alpha value is -9.30. The molecule has 11 amide bonds. The fourth-order valence-corrected chi connectivity index (χ4v) is 14.0. The molecule has 2 aromatic heterocycles. The normalized spacial score (nSPS) is 25.3. The molecule has 0 radical (unpaired) electrons. The second-order valence-corrected chi connectivity index (χ2v) is 25.7. The van der Waals surface area contributed by atoms with Crippen LogP contribution in [0.25, 0.3) is 21.8 Å². The van der Waals surface area contributed by atoms with Gasteiger partial charge in [0.1, 0.15) is 41.7 Å². The minimum absolute atomic E-state index is 0.0268. The Bertz CT molecular complexity index is 3310. The van der Waals surface area contributed by atoms with Gasteiger partial charge in [-0.3, -0.25) is 57.5 Å². The minimum Gasteiger partial charge on any atom is -0.505 e. The number of aromatic nitrogens is 2. The first-order valence-electron chi connectivity index (χ1n) is 32.8. The van der Waals surface area contributed by atoms with E-state index < -0.39 is 175 Å². The lowest BCUT2D eigenvalue weighted by Gasteiger charge is -2.38. The van der Waals surface area contributed by atoms with Crippen molar-refractivity contribution >= 4 is 92.6 Å². The number of benzene rings is 2. The van der Waals surface area contributed by atoms with Crippen LogP contribution in [0.4, 0.5) is 0 Å². The van der Waals surface area contributed by atoms with E-state index in [2.05, 4.69) is 41.9 Å². The zero-order valence-electron chi connectivity index (χ0n) is 53.9. The molecule has 0 bridgehead atoms. The number of amides is 11. The Balaban J connectivity index is 1.01. The molecule has 8 N–H and O–H groups in total. The lowest BCUT2D eigenvalue weighted by atomic mass is 9.74. The van der Waals surface area contributed by atoms with Crippen molar-refractivity contribution in [3.63, 3.8) is 0 Å². The summed E-state index contributed by atoms with van der Waals surface area (Å²) < 4.78 is 0. The van der Waals surface area contributed by atoms with Crippen LogP contribution in [0.5, 0.6) is 11.5 Å². The van der Waals surface area contributed by atoms with Crippen molar-refractivity contribution in [2.24, 2.45) is 23.7 Å². The van der Waals surface area contributed by atoms with Gasteiger partial charge in [0.2, 0.25) is 53.2 Å². The molecule has 1 unspecified atom stereocenters. The van der Waals surface area contributed by atoms with Gasteiger partial charge in [0, 0.05) is 70.4 Å². The van der Waals surface area contributed by atoms with E-state index in [1.54, 1.807) is 48.5 Å². The number of fused-ring (bicyclic) bond motifs is 4. The van der Waals surface area contributed by atoms with Gasteiger partial charge in [-0.2, -0.15) is 0 Å². The first kappa shape index (κ1) is 69.1. The highest BCUT2D eigenvalue weighted by molar-refractivity contribution is 6.04. The predicted molar refractivity (Wildman–Crippen MR) is 343 cm³/mol. The maximum atomic E-state index is 15.1. The topological polar surface area (TPSA) is 359 Å². The third-order valence-electron chi connectivity index (χ3n) is 19.4. The molecule has 0 spiro atoms. The molecule has 5 fully saturated rings. The average Bonchev–Trinajstić information content (AvgIpc) is 0.921. The SMILES string of the molecule is CN1CC(=O)N(C)[C@@H](C2CCCCC2)C(=O)NC[C@@H](NC(=O)c2nc3ccccc3cc2O)C(=O)N2CCCC[C@H]2C(=O)NCC(=O)N(C)CC(=O)N(C)[C@@H](C2CCCCC2)C(=O)NC[C@@H](NC(=O)c2nc3ccccc3cc2O)C(=O)C2CCCC[C@H]2C(=O)NCC1=O. The summed E-state index contributed by atoms with van der Waals surface area (Å²) in [6, 6.07) is 9.65. The minimum atomic E-state index is -1.59. The van der Waals surface area contributed by atoms with Crippen LogP contribution in [0.1, 0.15) is 130 Å². The Kier molecular flexibility index (Phi) is 23.2. The van der Waals surface area contributed by atoms with Gasteiger partial charge in [-0.15, -0.1) is 0 Å². The number of piperidine rings is 1. The second kappa shape index (κ2) is 31.6. The molecule has 5 aliphatic rings. The molecule has 2 aromatic carbocycles. The maximum Gasteiger partial charge on any atom is 0.274 e. The molecule has 3 aliphatic carbocycles. The largest absolute Gasteiger partial charge is 0.505 e. The molecule has 94 heavy (non-hydrogen) atoms. The number of rotatable bonds is 6. The van der Waals surface area contributed by atoms with Crippen molar-refractivity contribution in [1.82, 2.24) is 66.4 Å². The summed E-state index contributed by atoms with van der Waals surface area (Å²) in [5.74, 6) is -12.5.